The van der Waals surface area contributed by atoms with Crippen LogP contribution in [0.4, 0.5) is 44.0 Å². The maximum Gasteiger partial charge on any atom is 0.409 e. The number of hydrogen-bond acceptors (Lipinski definition) is 15. The Balaban J connectivity index is 0.000000376. The lowest BCUT2D eigenvalue weighted by Crippen LogP contribution is -2.42. The molecule has 0 saturated carbocycles. The zero-order valence-electron chi connectivity index (χ0n) is 28.7. The Morgan fingerprint density at radius 2 is 1.28 bits per heavy atom. The molecule has 2 aliphatic rings. The number of nitro groups is 2. The van der Waals surface area contributed by atoms with Crippen LogP contribution in [0.1, 0.15) is 64.9 Å². The molecule has 0 bridgehead atoms. The minimum atomic E-state index is -0.578. The van der Waals surface area contributed by atoms with Gasteiger partial charge in [0.05, 0.1) is 34.4 Å². The summed E-state index contributed by atoms with van der Waals surface area (Å²) in [6.07, 6.45) is 5.90. The van der Waals surface area contributed by atoms with Gasteiger partial charge in [-0.3, -0.25) is 30.0 Å². The molecule has 0 atom stereocenters. The average Bonchev–Trinajstić information content (AvgIpc) is 3.14. The molecular formula is C34H49N11O9. The van der Waals surface area contributed by atoms with Gasteiger partial charge in [-0.05, 0) is 51.7 Å². The minimum absolute atomic E-state index is 0. The Bertz CT molecular complexity index is 1720. The summed E-state index contributed by atoms with van der Waals surface area (Å²) >= 11 is 0. The second kappa shape index (κ2) is 21.2. The number of piperidine rings is 2. The zero-order chi connectivity index (χ0) is 37.6. The molecule has 2 aliphatic heterocycles. The number of nitrogens with two attached hydrogens (primary N) is 1. The van der Waals surface area contributed by atoms with Crippen molar-refractivity contribution in [2.45, 2.75) is 66.5 Å². The van der Waals surface area contributed by atoms with Crippen molar-refractivity contribution in [2.24, 2.45) is 0 Å². The smallest absolute Gasteiger partial charge is 0.409 e. The summed E-state index contributed by atoms with van der Waals surface area (Å²) in [5.74, 6) is 0.248. The van der Waals surface area contributed by atoms with Crippen LogP contribution in [0.25, 0.3) is 0 Å². The van der Waals surface area contributed by atoms with Crippen LogP contribution in [-0.4, -0.2) is 104 Å². The molecule has 3 aromatic rings. The molecule has 3 amide bonds. The Labute approximate surface area is 313 Å². The molecule has 5 rings (SSSR count). The number of hydrogen-bond donors (Lipinski definition) is 4. The summed E-state index contributed by atoms with van der Waals surface area (Å²) in [7, 11) is 0. The van der Waals surface area contributed by atoms with Crippen molar-refractivity contribution in [3.05, 3.63) is 74.8 Å². The monoisotopic (exact) mass is 755 g/mol. The Morgan fingerprint density at radius 3 is 1.72 bits per heavy atom. The molecule has 2 fully saturated rings. The largest absolute Gasteiger partial charge is 0.450 e. The average molecular weight is 756 g/mol. The van der Waals surface area contributed by atoms with Crippen LogP contribution in [0.5, 0.6) is 0 Å². The second-order valence-corrected chi connectivity index (χ2v) is 11.6. The number of pyridine rings is 3. The van der Waals surface area contributed by atoms with Gasteiger partial charge in [-0.15, -0.1) is 0 Å². The maximum absolute atomic E-state index is 12.5. The summed E-state index contributed by atoms with van der Waals surface area (Å²) in [4.78, 5) is 72.0. The maximum atomic E-state index is 12.5. The van der Waals surface area contributed by atoms with Crippen LogP contribution in [0, 0.1) is 20.2 Å². The van der Waals surface area contributed by atoms with Crippen molar-refractivity contribution in [1.82, 2.24) is 24.8 Å². The minimum Gasteiger partial charge on any atom is -0.450 e. The van der Waals surface area contributed by atoms with Gasteiger partial charge in [0, 0.05) is 56.6 Å². The van der Waals surface area contributed by atoms with Crippen molar-refractivity contribution in [1.29, 1.82) is 0 Å². The zero-order valence-corrected chi connectivity index (χ0v) is 28.7. The van der Waals surface area contributed by atoms with Crippen LogP contribution in [0.15, 0.2) is 48.9 Å². The number of anilines is 4. The van der Waals surface area contributed by atoms with Gasteiger partial charge >= 0.3 is 12.2 Å². The summed E-state index contributed by atoms with van der Waals surface area (Å²) < 4.78 is 9.97. The quantitative estimate of drug-likeness (QED) is 0.146. The van der Waals surface area contributed by atoms with E-state index in [0.29, 0.717) is 63.9 Å². The van der Waals surface area contributed by atoms with Crippen molar-refractivity contribution >= 4 is 52.5 Å². The van der Waals surface area contributed by atoms with E-state index >= 15 is 0 Å². The van der Waals surface area contributed by atoms with Crippen molar-refractivity contribution in [3.63, 3.8) is 0 Å². The molecule has 54 heavy (non-hydrogen) atoms. The van der Waals surface area contributed by atoms with Gasteiger partial charge in [-0.1, -0.05) is 20.9 Å². The Hall–Kier alpha value is -6.34. The van der Waals surface area contributed by atoms with E-state index in [0.717, 1.165) is 19.0 Å². The molecule has 5 heterocycles. The van der Waals surface area contributed by atoms with Gasteiger partial charge in [0.1, 0.15) is 23.9 Å². The number of amides is 3. The number of likely N-dealkylation sites (tertiary alicyclic amines) is 2. The summed E-state index contributed by atoms with van der Waals surface area (Å²) in [6, 6.07) is 7.52. The summed E-state index contributed by atoms with van der Waals surface area (Å²) in [5, 5.41) is 30.8. The van der Waals surface area contributed by atoms with Crippen molar-refractivity contribution < 1.29 is 33.7 Å². The molecule has 0 radical (unpaired) electrons. The van der Waals surface area contributed by atoms with Crippen LogP contribution in [-0.2, 0) is 9.47 Å². The highest BCUT2D eigenvalue weighted by Crippen LogP contribution is 2.28. The van der Waals surface area contributed by atoms with E-state index in [1.807, 2.05) is 0 Å². The standard InChI is InChI=1S/C19H22N6O5.C13H19N5O4.2CH4/c1-2-30-19(27)24-9-6-13(7-10-24)22-17-16(11-14(12-21-17)25(28)29)23-18(26)15-5-3-4-8-20-15;1-2-22-13(19)17-5-3-9(4-6-17)16-12-11(14)7-10(8-15-12)18(20)21;;/h3-5,8,11-13H,2,6-7,9-10H2,1H3,(H,21,22)(H,23,26);7-9H,2-6,14H2,1H3,(H,15,16);2*1H4. The first-order valence-corrected chi connectivity index (χ1v) is 16.6. The fraction of sp³-hybridized carbons (Fsp3) is 0.471. The van der Waals surface area contributed by atoms with Crippen molar-refractivity contribution in [2.75, 3.05) is 61.1 Å². The van der Waals surface area contributed by atoms with Gasteiger partial charge in [-0.25, -0.2) is 19.6 Å². The molecule has 0 aromatic carbocycles. The normalized spacial score (nSPS) is 14.1. The first-order chi connectivity index (χ1) is 25.0. The fourth-order valence-electron chi connectivity index (χ4n) is 5.37. The molecular weight excluding hydrogens is 706 g/mol. The highest BCUT2D eigenvalue weighted by atomic mass is 16.6. The lowest BCUT2D eigenvalue weighted by molar-refractivity contribution is -0.385. The molecule has 20 nitrogen and oxygen atoms in total. The molecule has 3 aromatic heterocycles. The third kappa shape index (κ3) is 12.4. The van der Waals surface area contributed by atoms with Gasteiger partial charge < -0.3 is 41.0 Å². The van der Waals surface area contributed by atoms with Gasteiger partial charge in [0.2, 0.25) is 0 Å². The number of carbonyl (C=O) groups is 3. The Morgan fingerprint density at radius 1 is 0.796 bits per heavy atom. The SMILES string of the molecule is C.C.CCOC(=O)N1CCC(Nc2ncc([N+](=O)[O-])cc2N)CC1.CCOC(=O)N1CCC(Nc2ncc([N+](=O)[O-])cc2NC(=O)c2ccccn2)CC1. The lowest BCUT2D eigenvalue weighted by Gasteiger charge is -2.32. The summed E-state index contributed by atoms with van der Waals surface area (Å²) in [6.45, 7) is 6.41. The van der Waals surface area contributed by atoms with Crippen molar-refractivity contribution in [3.8, 4) is 0 Å². The Kier molecular flexibility index (Phi) is 17.2. The number of nitrogens with zero attached hydrogens (tertiary/aromatic N) is 7. The van der Waals surface area contributed by atoms with E-state index in [4.69, 9.17) is 15.2 Å². The van der Waals surface area contributed by atoms with E-state index in [-0.39, 0.29) is 67.6 Å². The summed E-state index contributed by atoms with van der Waals surface area (Å²) in [5.41, 5.74) is 6.00. The first-order valence-electron chi connectivity index (χ1n) is 16.6. The topological polar surface area (TPSA) is 263 Å². The molecule has 5 N–H and O–H groups in total. The highest BCUT2D eigenvalue weighted by molar-refractivity contribution is 6.04. The van der Waals surface area contributed by atoms with E-state index < -0.39 is 15.8 Å². The highest BCUT2D eigenvalue weighted by Gasteiger charge is 2.26. The number of carbonyl (C=O) groups excluding carboxylic acids is 3. The first kappa shape index (κ1) is 43.8. The number of ether oxygens (including phenoxy) is 2. The third-order valence-electron chi connectivity index (χ3n) is 8.07. The number of aromatic nitrogens is 3. The van der Waals surface area contributed by atoms with E-state index in [9.17, 15) is 34.6 Å². The molecule has 0 aliphatic carbocycles. The number of nitrogens with one attached hydrogen (secondary N) is 3. The molecule has 20 heteroatoms. The van der Waals surface area contributed by atoms with E-state index in [2.05, 4.69) is 30.9 Å². The molecule has 2 saturated heterocycles. The van der Waals surface area contributed by atoms with Crippen LogP contribution >= 0.6 is 0 Å². The van der Waals surface area contributed by atoms with Gasteiger partial charge in [-0.2, -0.15) is 0 Å². The van der Waals surface area contributed by atoms with Crippen LogP contribution in [0.3, 0.4) is 0 Å². The second-order valence-electron chi connectivity index (χ2n) is 11.6. The predicted molar refractivity (Wildman–Crippen MR) is 202 cm³/mol. The number of rotatable bonds is 10. The third-order valence-corrected chi connectivity index (χ3v) is 8.07. The van der Waals surface area contributed by atoms with E-state index in [1.165, 1.54) is 24.5 Å². The molecule has 294 valence electrons. The predicted octanol–water partition coefficient (Wildman–Crippen LogP) is 5.55. The fourth-order valence-corrected chi connectivity index (χ4v) is 5.37. The van der Waals surface area contributed by atoms with Gasteiger partial charge in [0.25, 0.3) is 17.3 Å². The molecule has 0 unspecified atom stereocenters. The van der Waals surface area contributed by atoms with Crippen LogP contribution in [0.2, 0.25) is 0 Å². The van der Waals surface area contributed by atoms with Crippen LogP contribution < -0.4 is 21.7 Å². The van der Waals surface area contributed by atoms with Gasteiger partial charge in [0.15, 0.2) is 5.82 Å². The number of nitrogen functional groups attached to an aromatic ring is 1. The molecule has 0 spiro atoms. The van der Waals surface area contributed by atoms with E-state index in [1.54, 1.807) is 41.8 Å². The lowest BCUT2D eigenvalue weighted by atomic mass is 10.1.